The fourth-order valence-corrected chi connectivity index (χ4v) is 8.63. The lowest BCUT2D eigenvalue weighted by Gasteiger charge is -2.14. The molecule has 9 aromatic carbocycles. The first-order chi connectivity index (χ1) is 26.8. The Hall–Kier alpha value is -7.16. The quantitative estimate of drug-likeness (QED) is 0.171. The molecule has 0 aliphatic rings. The Kier molecular flexibility index (Phi) is 6.90. The maximum Gasteiger partial charge on any atom is 0.0541 e. The van der Waals surface area contributed by atoms with Crippen molar-refractivity contribution in [2.45, 2.75) is 0 Å². The van der Waals surface area contributed by atoms with Gasteiger partial charge in [0.25, 0.3) is 0 Å². The normalized spacial score (nSPS) is 11.7. The van der Waals surface area contributed by atoms with E-state index in [2.05, 4.69) is 215 Å². The van der Waals surface area contributed by atoms with E-state index in [1.165, 1.54) is 93.5 Å². The monoisotopic (exact) mass is 686 g/mol. The van der Waals surface area contributed by atoms with Gasteiger partial charge < -0.3 is 9.13 Å². The second kappa shape index (κ2) is 12.2. The van der Waals surface area contributed by atoms with Crippen molar-refractivity contribution in [1.82, 2.24) is 9.13 Å². The van der Waals surface area contributed by atoms with Crippen LogP contribution in [-0.4, -0.2) is 9.13 Å². The molecule has 0 amide bonds. The molecule has 0 atom stereocenters. The van der Waals surface area contributed by atoms with E-state index in [1.54, 1.807) is 0 Å². The third kappa shape index (κ3) is 4.74. The van der Waals surface area contributed by atoms with Crippen LogP contribution in [0.1, 0.15) is 0 Å². The molecule has 0 N–H and O–H groups in total. The van der Waals surface area contributed by atoms with Crippen molar-refractivity contribution in [3.63, 3.8) is 0 Å². The minimum Gasteiger partial charge on any atom is -0.309 e. The minimum atomic E-state index is 1.16. The Bertz CT molecular complexity index is 3180. The molecule has 0 radical (unpaired) electrons. The first kappa shape index (κ1) is 30.5. The van der Waals surface area contributed by atoms with E-state index in [4.69, 9.17) is 0 Å². The van der Waals surface area contributed by atoms with E-state index in [1.807, 2.05) is 0 Å². The maximum atomic E-state index is 2.45. The summed E-state index contributed by atoms with van der Waals surface area (Å²) in [5.41, 5.74) is 14.5. The molecule has 2 heterocycles. The van der Waals surface area contributed by atoms with Gasteiger partial charge in [-0.15, -0.1) is 0 Å². The molecule has 0 fully saturated rings. The summed E-state index contributed by atoms with van der Waals surface area (Å²) >= 11 is 0. The van der Waals surface area contributed by atoms with E-state index < -0.39 is 0 Å². The van der Waals surface area contributed by atoms with Crippen LogP contribution in [0.5, 0.6) is 0 Å². The summed E-state index contributed by atoms with van der Waals surface area (Å²) in [7, 11) is 0. The molecular weight excluding hydrogens is 653 g/mol. The second-order valence-corrected chi connectivity index (χ2v) is 14.1. The van der Waals surface area contributed by atoms with E-state index >= 15 is 0 Å². The van der Waals surface area contributed by atoms with Gasteiger partial charge in [0.05, 0.1) is 27.8 Å². The Morgan fingerprint density at radius 3 is 1.37 bits per heavy atom. The number of para-hydroxylation sites is 2. The Labute approximate surface area is 313 Å². The van der Waals surface area contributed by atoms with E-state index in [0.717, 1.165) is 5.69 Å². The van der Waals surface area contributed by atoms with Crippen LogP contribution in [0.3, 0.4) is 0 Å². The van der Waals surface area contributed by atoms with Crippen molar-refractivity contribution in [2.24, 2.45) is 0 Å². The maximum absolute atomic E-state index is 2.45. The third-order valence-corrected chi connectivity index (χ3v) is 11.1. The zero-order chi connectivity index (χ0) is 35.6. The molecule has 0 saturated heterocycles. The van der Waals surface area contributed by atoms with Gasteiger partial charge in [-0.1, -0.05) is 152 Å². The van der Waals surface area contributed by atoms with Gasteiger partial charge in [-0.25, -0.2) is 0 Å². The van der Waals surface area contributed by atoms with E-state index in [-0.39, 0.29) is 0 Å². The molecule has 2 aromatic heterocycles. The van der Waals surface area contributed by atoms with Crippen molar-refractivity contribution in [1.29, 1.82) is 0 Å². The predicted octanol–water partition coefficient (Wildman–Crippen LogP) is 14.0. The van der Waals surface area contributed by atoms with Gasteiger partial charge in [0.1, 0.15) is 0 Å². The molecule has 54 heavy (non-hydrogen) atoms. The standard InChI is InChI=1S/C52H34N2/c1-3-13-35(14-4-1)36-25-29-40(30-26-36)53-48-22-9-7-17-44(48)46-33-38(27-31-51(46)53)39-28-32-52-47(34-39)45-18-8-10-23-49(45)54(52)50-24-12-20-42-41(19-11-21-43(42)50)37-15-5-2-6-16-37/h1-34H. The summed E-state index contributed by atoms with van der Waals surface area (Å²) < 4.78 is 4.85. The number of benzene rings is 9. The highest BCUT2D eigenvalue weighted by Gasteiger charge is 2.18. The highest BCUT2D eigenvalue weighted by atomic mass is 15.0. The Morgan fingerprint density at radius 2 is 0.704 bits per heavy atom. The molecule has 0 aliphatic carbocycles. The van der Waals surface area contributed by atoms with Gasteiger partial charge in [0.15, 0.2) is 0 Å². The molecule has 0 spiro atoms. The van der Waals surface area contributed by atoms with Gasteiger partial charge in [0.2, 0.25) is 0 Å². The Balaban J connectivity index is 1.06. The molecule has 11 aromatic rings. The topological polar surface area (TPSA) is 9.86 Å². The summed E-state index contributed by atoms with van der Waals surface area (Å²) in [6, 6.07) is 75.1. The minimum absolute atomic E-state index is 1.16. The fourth-order valence-electron chi connectivity index (χ4n) is 8.63. The van der Waals surface area contributed by atoms with Gasteiger partial charge in [-0.05, 0) is 93.4 Å². The highest BCUT2D eigenvalue weighted by Crippen LogP contribution is 2.40. The van der Waals surface area contributed by atoms with Gasteiger partial charge in [-0.2, -0.15) is 0 Å². The average molecular weight is 687 g/mol. The smallest absolute Gasteiger partial charge is 0.0541 e. The molecule has 0 saturated carbocycles. The molecule has 252 valence electrons. The number of nitrogens with zero attached hydrogens (tertiary/aromatic N) is 2. The van der Waals surface area contributed by atoms with Crippen molar-refractivity contribution in [3.05, 3.63) is 206 Å². The van der Waals surface area contributed by atoms with Crippen LogP contribution in [0.15, 0.2) is 206 Å². The van der Waals surface area contributed by atoms with Crippen molar-refractivity contribution in [3.8, 4) is 44.8 Å². The highest BCUT2D eigenvalue weighted by molar-refractivity contribution is 6.14. The van der Waals surface area contributed by atoms with Crippen LogP contribution in [0.25, 0.3) is 99.1 Å². The SMILES string of the molecule is c1ccc(-c2ccc(-n3c4ccccc4c4cc(-c5ccc6c(c5)c5ccccc5n6-c5cccc6c(-c7ccccc7)cccc56)ccc43)cc2)cc1. The number of aromatic nitrogens is 2. The number of hydrogen-bond acceptors (Lipinski definition) is 0. The van der Waals surface area contributed by atoms with Crippen LogP contribution in [0.4, 0.5) is 0 Å². The van der Waals surface area contributed by atoms with Crippen LogP contribution >= 0.6 is 0 Å². The van der Waals surface area contributed by atoms with Gasteiger partial charge >= 0.3 is 0 Å². The van der Waals surface area contributed by atoms with Crippen molar-refractivity contribution in [2.75, 3.05) is 0 Å². The summed E-state index contributed by atoms with van der Waals surface area (Å²) in [5, 5.41) is 7.50. The summed E-state index contributed by atoms with van der Waals surface area (Å²) in [6.45, 7) is 0. The zero-order valence-corrected chi connectivity index (χ0v) is 29.5. The summed E-state index contributed by atoms with van der Waals surface area (Å²) in [5.74, 6) is 0. The molecule has 2 nitrogen and oxygen atoms in total. The number of fused-ring (bicyclic) bond motifs is 7. The van der Waals surface area contributed by atoms with Gasteiger partial charge in [0, 0.05) is 32.6 Å². The first-order valence-corrected chi connectivity index (χ1v) is 18.6. The average Bonchev–Trinajstić information content (AvgIpc) is 3.76. The molecule has 2 heteroatoms. The Morgan fingerprint density at radius 1 is 0.241 bits per heavy atom. The van der Waals surface area contributed by atoms with Crippen molar-refractivity contribution < 1.29 is 0 Å². The third-order valence-electron chi connectivity index (χ3n) is 11.1. The summed E-state index contributed by atoms with van der Waals surface area (Å²) in [4.78, 5) is 0. The predicted molar refractivity (Wildman–Crippen MR) is 229 cm³/mol. The first-order valence-electron chi connectivity index (χ1n) is 18.6. The second-order valence-electron chi connectivity index (χ2n) is 14.1. The molecule has 0 bridgehead atoms. The number of hydrogen-bond donors (Lipinski definition) is 0. The van der Waals surface area contributed by atoms with Crippen LogP contribution in [0.2, 0.25) is 0 Å². The van der Waals surface area contributed by atoms with Crippen molar-refractivity contribution >= 4 is 54.4 Å². The largest absolute Gasteiger partial charge is 0.309 e. The molecule has 0 aliphatic heterocycles. The van der Waals surface area contributed by atoms with Crippen LogP contribution in [0, 0.1) is 0 Å². The lowest BCUT2D eigenvalue weighted by Crippen LogP contribution is -1.96. The lowest BCUT2D eigenvalue weighted by molar-refractivity contribution is 1.18. The zero-order valence-electron chi connectivity index (χ0n) is 29.5. The van der Waals surface area contributed by atoms with Gasteiger partial charge in [-0.3, -0.25) is 0 Å². The molecule has 0 unspecified atom stereocenters. The fraction of sp³-hybridized carbons (Fsp3) is 0. The molecule has 11 rings (SSSR count). The van der Waals surface area contributed by atoms with E-state index in [9.17, 15) is 0 Å². The van der Waals surface area contributed by atoms with Crippen LogP contribution < -0.4 is 0 Å². The number of rotatable bonds is 5. The lowest BCUT2D eigenvalue weighted by atomic mass is 9.97. The molecular formula is C52H34N2. The van der Waals surface area contributed by atoms with Crippen LogP contribution in [-0.2, 0) is 0 Å². The summed E-state index contributed by atoms with van der Waals surface area (Å²) in [6.07, 6.45) is 0. The van der Waals surface area contributed by atoms with E-state index in [0.29, 0.717) is 0 Å².